The predicted octanol–water partition coefficient (Wildman–Crippen LogP) is 1.48. The molecule has 1 rings (SSSR count). The second-order valence-corrected chi connectivity index (χ2v) is 2.84. The lowest BCUT2D eigenvalue weighted by molar-refractivity contribution is -0.385. The molecule has 0 saturated heterocycles. The predicted molar refractivity (Wildman–Crippen MR) is 46.3 cm³/mol. The normalized spacial score (nSPS) is 11.1. The molecule has 0 amide bonds. The van der Waals surface area contributed by atoms with Crippen molar-refractivity contribution in [2.45, 2.75) is 5.92 Å². The highest BCUT2D eigenvalue weighted by Crippen LogP contribution is 2.36. The van der Waals surface area contributed by atoms with Crippen LogP contribution in [0.2, 0.25) is 0 Å². The first-order valence-electron chi connectivity index (χ1n) is 3.86. The van der Waals surface area contributed by atoms with Gasteiger partial charge in [-0.2, -0.15) is 8.78 Å². The van der Waals surface area contributed by atoms with E-state index in [1.54, 1.807) is 0 Å². The number of halogens is 2. The Morgan fingerprint density at radius 1 is 1.44 bits per heavy atom. The number of nitrogens with zero attached hydrogens (tertiary/aromatic N) is 1. The number of alkyl halides is 2. The highest BCUT2D eigenvalue weighted by atomic mass is 19.3. The van der Waals surface area contributed by atoms with Gasteiger partial charge in [0.25, 0.3) is 5.69 Å². The molecular weight excluding hydrogens is 228 g/mol. The number of benzene rings is 1. The van der Waals surface area contributed by atoms with Crippen molar-refractivity contribution >= 4 is 11.7 Å². The van der Waals surface area contributed by atoms with E-state index in [0.29, 0.717) is 12.1 Å². The molecule has 0 spiro atoms. The number of hydrogen-bond acceptors (Lipinski definition) is 4. The number of hydrogen-bond donors (Lipinski definition) is 2. The molecule has 86 valence electrons. The number of carboxylic acid groups (broad SMARTS) is 1. The van der Waals surface area contributed by atoms with E-state index in [-0.39, 0.29) is 0 Å². The van der Waals surface area contributed by atoms with Crippen LogP contribution in [0.5, 0.6) is 5.75 Å². The smallest absolute Gasteiger partial charge is 0.379 e. The highest BCUT2D eigenvalue weighted by Gasteiger charge is 2.44. The lowest BCUT2D eigenvalue weighted by Gasteiger charge is -2.12. The SMILES string of the molecule is O=C(O)C(F)(F)c1cc([N+](=O)[O-])ccc1O. The standard InChI is InChI=1S/C8H5F2NO5/c9-8(10,7(13)14)5-3-4(11(15)16)1-2-6(5)12/h1-3,12H,(H,13,14). The number of aromatic hydroxyl groups is 1. The van der Waals surface area contributed by atoms with Crippen molar-refractivity contribution in [3.8, 4) is 5.75 Å². The van der Waals surface area contributed by atoms with Gasteiger partial charge >= 0.3 is 11.9 Å². The number of aliphatic carboxylic acids is 1. The maximum atomic E-state index is 13.0. The highest BCUT2D eigenvalue weighted by molar-refractivity contribution is 5.78. The zero-order chi connectivity index (χ0) is 12.5. The first-order valence-corrected chi connectivity index (χ1v) is 3.86. The number of phenolic OH excluding ortho intramolecular Hbond substituents is 1. The number of nitro groups is 1. The summed E-state index contributed by atoms with van der Waals surface area (Å²) in [6, 6.07) is 1.75. The van der Waals surface area contributed by atoms with Gasteiger partial charge in [0.2, 0.25) is 0 Å². The Labute approximate surface area is 86.9 Å². The Kier molecular flexibility index (Phi) is 2.75. The third-order valence-electron chi connectivity index (χ3n) is 1.80. The van der Waals surface area contributed by atoms with Crippen LogP contribution in [0.1, 0.15) is 5.56 Å². The van der Waals surface area contributed by atoms with Crippen molar-refractivity contribution < 1.29 is 28.7 Å². The van der Waals surface area contributed by atoms with Gasteiger partial charge in [-0.15, -0.1) is 0 Å². The van der Waals surface area contributed by atoms with Crippen molar-refractivity contribution in [3.63, 3.8) is 0 Å². The molecule has 0 bridgehead atoms. The van der Waals surface area contributed by atoms with E-state index in [1.807, 2.05) is 0 Å². The lowest BCUT2D eigenvalue weighted by atomic mass is 10.1. The molecule has 6 nitrogen and oxygen atoms in total. The molecule has 0 aliphatic rings. The van der Waals surface area contributed by atoms with Crippen LogP contribution < -0.4 is 0 Å². The summed E-state index contributed by atoms with van der Waals surface area (Å²) < 4.78 is 26.0. The minimum atomic E-state index is -4.38. The molecule has 0 heterocycles. The van der Waals surface area contributed by atoms with Crippen molar-refractivity contribution in [2.24, 2.45) is 0 Å². The molecule has 2 N–H and O–H groups in total. The topological polar surface area (TPSA) is 101 Å². The molecule has 0 unspecified atom stereocenters. The summed E-state index contributed by atoms with van der Waals surface area (Å²) in [6.07, 6.45) is 0. The Morgan fingerprint density at radius 3 is 2.44 bits per heavy atom. The van der Waals surface area contributed by atoms with Crippen LogP contribution in [0.4, 0.5) is 14.5 Å². The number of rotatable bonds is 3. The number of non-ortho nitro benzene ring substituents is 1. The van der Waals surface area contributed by atoms with Gasteiger partial charge in [-0.1, -0.05) is 0 Å². The number of carboxylic acids is 1. The van der Waals surface area contributed by atoms with Crippen LogP contribution in [0, 0.1) is 10.1 Å². The van der Waals surface area contributed by atoms with E-state index >= 15 is 0 Å². The Balaban J connectivity index is 3.38. The maximum Gasteiger partial charge on any atom is 0.379 e. The first kappa shape index (κ1) is 11.8. The van der Waals surface area contributed by atoms with Gasteiger partial charge in [0, 0.05) is 12.1 Å². The lowest BCUT2D eigenvalue weighted by Crippen LogP contribution is -2.25. The number of phenols is 1. The van der Waals surface area contributed by atoms with E-state index in [0.717, 1.165) is 6.07 Å². The number of nitro benzene ring substituents is 1. The monoisotopic (exact) mass is 233 g/mol. The zero-order valence-corrected chi connectivity index (χ0v) is 7.55. The van der Waals surface area contributed by atoms with Crippen LogP contribution in [-0.4, -0.2) is 21.1 Å². The van der Waals surface area contributed by atoms with Gasteiger partial charge in [0.15, 0.2) is 0 Å². The average Bonchev–Trinajstić information content (AvgIpc) is 2.17. The fourth-order valence-electron chi connectivity index (χ4n) is 1.00. The second kappa shape index (κ2) is 3.72. The third-order valence-corrected chi connectivity index (χ3v) is 1.80. The zero-order valence-electron chi connectivity index (χ0n) is 7.55. The van der Waals surface area contributed by atoms with Gasteiger partial charge in [-0.05, 0) is 6.07 Å². The van der Waals surface area contributed by atoms with Crippen molar-refractivity contribution in [3.05, 3.63) is 33.9 Å². The summed E-state index contributed by atoms with van der Waals surface area (Å²) >= 11 is 0. The molecule has 0 aliphatic heterocycles. The van der Waals surface area contributed by atoms with Crippen LogP contribution >= 0.6 is 0 Å². The van der Waals surface area contributed by atoms with E-state index in [4.69, 9.17) is 10.2 Å². The molecule has 16 heavy (non-hydrogen) atoms. The molecule has 0 aromatic heterocycles. The van der Waals surface area contributed by atoms with Gasteiger partial charge in [0.1, 0.15) is 5.75 Å². The minimum absolute atomic E-state index is 0.323. The number of carbonyl (C=O) groups is 1. The largest absolute Gasteiger partial charge is 0.507 e. The van der Waals surface area contributed by atoms with Crippen LogP contribution in [0.15, 0.2) is 18.2 Å². The molecule has 8 heteroatoms. The maximum absolute atomic E-state index is 13.0. The van der Waals surface area contributed by atoms with E-state index in [2.05, 4.69) is 0 Å². The minimum Gasteiger partial charge on any atom is -0.507 e. The van der Waals surface area contributed by atoms with Crippen molar-refractivity contribution in [1.29, 1.82) is 0 Å². The molecule has 0 fully saturated rings. The summed E-state index contributed by atoms with van der Waals surface area (Å²) in [5.41, 5.74) is -2.04. The summed E-state index contributed by atoms with van der Waals surface area (Å²) in [7, 11) is 0. The van der Waals surface area contributed by atoms with E-state index in [1.165, 1.54) is 0 Å². The van der Waals surface area contributed by atoms with E-state index in [9.17, 15) is 23.7 Å². The molecule has 0 atom stereocenters. The summed E-state index contributed by atoms with van der Waals surface area (Å²) in [6.45, 7) is 0. The Hall–Kier alpha value is -2.25. The van der Waals surface area contributed by atoms with Crippen LogP contribution in [0.3, 0.4) is 0 Å². The summed E-state index contributed by atoms with van der Waals surface area (Å²) in [4.78, 5) is 19.5. The van der Waals surface area contributed by atoms with Crippen LogP contribution in [-0.2, 0) is 10.7 Å². The molecule has 1 aromatic rings. The van der Waals surface area contributed by atoms with E-state index < -0.39 is 33.8 Å². The molecule has 0 saturated carbocycles. The first-order chi connectivity index (χ1) is 7.26. The van der Waals surface area contributed by atoms with Gasteiger partial charge < -0.3 is 10.2 Å². The third kappa shape index (κ3) is 1.90. The van der Waals surface area contributed by atoms with Crippen molar-refractivity contribution in [2.75, 3.05) is 0 Å². The fraction of sp³-hybridized carbons (Fsp3) is 0.125. The quantitative estimate of drug-likeness (QED) is 0.608. The average molecular weight is 233 g/mol. The molecule has 0 aliphatic carbocycles. The summed E-state index contributed by atoms with van der Waals surface area (Å²) in [5.74, 6) is -7.89. The summed E-state index contributed by atoms with van der Waals surface area (Å²) in [5, 5.41) is 27.5. The van der Waals surface area contributed by atoms with Crippen LogP contribution in [0.25, 0.3) is 0 Å². The molecule has 1 aromatic carbocycles. The second-order valence-electron chi connectivity index (χ2n) is 2.84. The Morgan fingerprint density at radius 2 is 2.00 bits per heavy atom. The van der Waals surface area contributed by atoms with Gasteiger partial charge in [0.05, 0.1) is 10.5 Å². The van der Waals surface area contributed by atoms with Gasteiger partial charge in [-0.25, -0.2) is 4.79 Å². The molecule has 0 radical (unpaired) electrons. The van der Waals surface area contributed by atoms with Crippen molar-refractivity contribution in [1.82, 2.24) is 0 Å². The molecular formula is C8H5F2NO5. The fourth-order valence-corrected chi connectivity index (χ4v) is 1.00. The Bertz CT molecular complexity index is 460. The van der Waals surface area contributed by atoms with Gasteiger partial charge in [-0.3, -0.25) is 10.1 Å².